The summed E-state index contributed by atoms with van der Waals surface area (Å²) in [6, 6.07) is 7.11. The zero-order chi connectivity index (χ0) is 22.2. The molecule has 0 bridgehead atoms. The molecule has 2 aromatic rings. The Balaban J connectivity index is 2.05. The number of ether oxygens (including phenoxy) is 2. The van der Waals surface area contributed by atoms with Crippen molar-refractivity contribution in [1.29, 1.82) is 0 Å². The van der Waals surface area contributed by atoms with Crippen molar-refractivity contribution >= 4 is 13.8 Å². The first-order valence-electron chi connectivity index (χ1n) is 8.05. The highest BCUT2D eigenvalue weighted by molar-refractivity contribution is 7.55. The SMILES string of the molecule is O=C1OCC(P(=O)(Oc2ccccc2C(F)(F)F)Oc2ccccc2C(F)(F)F)O1. The van der Waals surface area contributed by atoms with Crippen molar-refractivity contribution in [3.63, 3.8) is 0 Å². The summed E-state index contributed by atoms with van der Waals surface area (Å²) in [4.78, 5) is 11.2. The lowest BCUT2D eigenvalue weighted by atomic mass is 10.2. The third-order valence-electron chi connectivity index (χ3n) is 3.76. The molecule has 0 aromatic heterocycles. The Bertz CT molecular complexity index is 926. The molecule has 1 heterocycles. The largest absolute Gasteiger partial charge is 0.509 e. The minimum atomic E-state index is -5.01. The number of carbonyl (C=O) groups excluding carboxylic acids is 1. The number of halogens is 6. The number of cyclic esters (lactones) is 2. The number of rotatable bonds is 5. The molecular formula is C17H11F6O6P. The number of hydrogen-bond acceptors (Lipinski definition) is 6. The van der Waals surface area contributed by atoms with E-state index in [0.717, 1.165) is 36.4 Å². The topological polar surface area (TPSA) is 71.1 Å². The average Bonchev–Trinajstić information content (AvgIpc) is 3.08. The summed E-state index contributed by atoms with van der Waals surface area (Å²) in [5.41, 5.74) is -2.72. The van der Waals surface area contributed by atoms with Crippen molar-refractivity contribution in [2.45, 2.75) is 18.2 Å². The lowest BCUT2D eigenvalue weighted by Gasteiger charge is -2.25. The summed E-state index contributed by atoms with van der Waals surface area (Å²) in [5.74, 6) is -3.87. The molecule has 0 saturated carbocycles. The summed E-state index contributed by atoms with van der Waals surface area (Å²) in [6.45, 7) is -0.765. The van der Waals surface area contributed by atoms with Crippen molar-refractivity contribution < 1.29 is 54.2 Å². The van der Waals surface area contributed by atoms with Gasteiger partial charge in [0.15, 0.2) is 0 Å². The van der Waals surface area contributed by atoms with E-state index in [1.54, 1.807) is 0 Å². The van der Waals surface area contributed by atoms with E-state index in [1.807, 2.05) is 0 Å². The minimum Gasteiger partial charge on any atom is -0.429 e. The highest BCUT2D eigenvalue weighted by atomic mass is 31.2. The number of carbonyl (C=O) groups is 1. The van der Waals surface area contributed by atoms with E-state index in [2.05, 4.69) is 9.47 Å². The van der Waals surface area contributed by atoms with E-state index in [4.69, 9.17) is 9.05 Å². The van der Waals surface area contributed by atoms with Crippen LogP contribution in [0.4, 0.5) is 31.1 Å². The van der Waals surface area contributed by atoms with Gasteiger partial charge in [-0.1, -0.05) is 24.3 Å². The monoisotopic (exact) mass is 456 g/mol. The third-order valence-corrected chi connectivity index (χ3v) is 5.63. The molecule has 30 heavy (non-hydrogen) atoms. The first-order chi connectivity index (χ1) is 13.9. The molecule has 3 rings (SSSR count). The Hall–Kier alpha value is -2.88. The average molecular weight is 456 g/mol. The fraction of sp³-hybridized carbons (Fsp3) is 0.235. The van der Waals surface area contributed by atoms with Gasteiger partial charge in [-0.05, 0) is 24.3 Å². The van der Waals surface area contributed by atoms with E-state index in [9.17, 15) is 35.7 Å². The van der Waals surface area contributed by atoms with Crippen molar-refractivity contribution in [2.75, 3.05) is 6.61 Å². The van der Waals surface area contributed by atoms with Crippen LogP contribution in [0.1, 0.15) is 11.1 Å². The molecule has 0 amide bonds. The van der Waals surface area contributed by atoms with Crippen LogP contribution >= 0.6 is 7.60 Å². The summed E-state index contributed by atoms with van der Waals surface area (Å²) >= 11 is 0. The van der Waals surface area contributed by atoms with Crippen LogP contribution in [-0.2, 0) is 26.4 Å². The van der Waals surface area contributed by atoms with Gasteiger partial charge in [-0.15, -0.1) is 0 Å². The number of hydrogen-bond donors (Lipinski definition) is 0. The Labute approximate surface area is 164 Å². The number of para-hydroxylation sites is 2. The van der Waals surface area contributed by atoms with Crippen molar-refractivity contribution in [2.24, 2.45) is 0 Å². The smallest absolute Gasteiger partial charge is 0.429 e. The van der Waals surface area contributed by atoms with Crippen LogP contribution in [-0.4, -0.2) is 18.6 Å². The zero-order valence-corrected chi connectivity index (χ0v) is 15.5. The molecule has 0 spiro atoms. The Morgan fingerprint density at radius 3 is 1.63 bits per heavy atom. The van der Waals surface area contributed by atoms with Gasteiger partial charge in [-0.2, -0.15) is 26.3 Å². The van der Waals surface area contributed by atoms with Crippen LogP contribution in [0.3, 0.4) is 0 Å². The fourth-order valence-electron chi connectivity index (χ4n) is 2.45. The summed E-state index contributed by atoms with van der Waals surface area (Å²) in [7, 11) is -5.01. The van der Waals surface area contributed by atoms with Gasteiger partial charge in [-0.3, -0.25) is 0 Å². The molecule has 1 aliphatic heterocycles. The maximum Gasteiger partial charge on any atom is 0.509 e. The predicted octanol–water partition coefficient (Wildman–Crippen LogP) is 5.87. The van der Waals surface area contributed by atoms with E-state index in [1.165, 1.54) is 0 Å². The summed E-state index contributed by atoms with van der Waals surface area (Å²) < 4.78 is 112. The predicted molar refractivity (Wildman–Crippen MR) is 88.0 cm³/mol. The molecule has 0 N–H and O–H groups in total. The standard InChI is InChI=1S/C17H11F6O6P/c18-16(19,20)10-5-1-3-7-12(10)28-30(25,14-9-26-15(24)27-14)29-13-8-4-2-6-11(13)17(21,22)23/h1-8,14H,9H2. The van der Waals surface area contributed by atoms with Crippen molar-refractivity contribution in [1.82, 2.24) is 0 Å². The van der Waals surface area contributed by atoms with Gasteiger partial charge in [0.1, 0.15) is 18.1 Å². The minimum absolute atomic E-state index is 0.612. The van der Waals surface area contributed by atoms with Crippen LogP contribution in [0.25, 0.3) is 0 Å². The second kappa shape index (κ2) is 7.75. The molecule has 0 aliphatic carbocycles. The quantitative estimate of drug-likeness (QED) is 0.319. The van der Waals surface area contributed by atoms with Gasteiger partial charge in [0.25, 0.3) is 5.85 Å². The molecule has 1 unspecified atom stereocenters. The zero-order valence-electron chi connectivity index (χ0n) is 14.6. The number of alkyl halides is 6. The molecule has 0 radical (unpaired) electrons. The van der Waals surface area contributed by atoms with Crippen LogP contribution < -0.4 is 9.05 Å². The molecular weight excluding hydrogens is 445 g/mol. The second-order valence-corrected chi connectivity index (χ2v) is 7.86. The first-order valence-corrected chi connectivity index (χ1v) is 9.66. The molecule has 1 atom stereocenters. The van der Waals surface area contributed by atoms with Crippen LogP contribution in [0.5, 0.6) is 11.5 Å². The normalized spacial score (nSPS) is 17.3. The molecule has 1 saturated heterocycles. The Kier molecular flexibility index (Phi) is 5.64. The van der Waals surface area contributed by atoms with E-state index < -0.39 is 61.2 Å². The fourth-order valence-corrected chi connectivity index (χ4v) is 4.06. The van der Waals surface area contributed by atoms with E-state index in [-0.39, 0.29) is 0 Å². The summed E-state index contributed by atoms with van der Waals surface area (Å²) in [6.07, 6.45) is -11.2. The highest BCUT2D eigenvalue weighted by Gasteiger charge is 2.50. The molecule has 162 valence electrons. The number of benzene rings is 2. The lowest BCUT2D eigenvalue weighted by Crippen LogP contribution is -2.21. The molecule has 13 heteroatoms. The molecule has 6 nitrogen and oxygen atoms in total. The molecule has 1 aliphatic rings. The van der Waals surface area contributed by atoms with Crippen LogP contribution in [0.2, 0.25) is 0 Å². The van der Waals surface area contributed by atoms with Gasteiger partial charge < -0.3 is 18.5 Å². The van der Waals surface area contributed by atoms with Gasteiger partial charge in [0, 0.05) is 0 Å². The van der Waals surface area contributed by atoms with Gasteiger partial charge in [0.05, 0.1) is 11.1 Å². The van der Waals surface area contributed by atoms with Crippen molar-refractivity contribution in [3.8, 4) is 11.5 Å². The lowest BCUT2D eigenvalue weighted by molar-refractivity contribution is -0.138. The Morgan fingerprint density at radius 1 is 0.833 bits per heavy atom. The van der Waals surface area contributed by atoms with Gasteiger partial charge >= 0.3 is 26.1 Å². The Morgan fingerprint density at radius 2 is 1.27 bits per heavy atom. The molecule has 2 aromatic carbocycles. The van der Waals surface area contributed by atoms with Gasteiger partial charge in [-0.25, -0.2) is 9.36 Å². The van der Waals surface area contributed by atoms with Crippen LogP contribution in [0.15, 0.2) is 48.5 Å². The maximum atomic E-state index is 13.3. The van der Waals surface area contributed by atoms with Crippen molar-refractivity contribution in [3.05, 3.63) is 59.7 Å². The first kappa shape index (κ1) is 21.8. The van der Waals surface area contributed by atoms with E-state index in [0.29, 0.717) is 12.1 Å². The maximum absolute atomic E-state index is 13.3. The highest BCUT2D eigenvalue weighted by Crippen LogP contribution is 2.57. The van der Waals surface area contributed by atoms with Gasteiger partial charge in [0.2, 0.25) is 0 Å². The summed E-state index contributed by atoms with van der Waals surface area (Å²) in [5, 5.41) is 0. The van der Waals surface area contributed by atoms with Crippen LogP contribution in [0, 0.1) is 0 Å². The third kappa shape index (κ3) is 4.64. The second-order valence-electron chi connectivity index (χ2n) is 5.84. The van der Waals surface area contributed by atoms with E-state index >= 15 is 0 Å². The molecule has 1 fully saturated rings.